The third-order valence-corrected chi connectivity index (χ3v) is 13.6. The van der Waals surface area contributed by atoms with Crippen LogP contribution in [0.1, 0.15) is 113 Å². The Bertz CT molecular complexity index is 1340. The van der Waals surface area contributed by atoms with Gasteiger partial charge >= 0.3 is 6.18 Å². The molecule has 0 aromatic carbocycles. The van der Waals surface area contributed by atoms with E-state index < -0.39 is 52.0 Å². The lowest BCUT2D eigenvalue weighted by Gasteiger charge is -2.69. The van der Waals surface area contributed by atoms with E-state index in [9.17, 15) is 27.6 Å². The minimum absolute atomic E-state index is 0.0323. The van der Waals surface area contributed by atoms with Crippen LogP contribution in [0.3, 0.4) is 0 Å². The minimum Gasteiger partial charge on any atom is -0.307 e. The second-order valence-corrected chi connectivity index (χ2v) is 16.0. The molecule has 0 N–H and O–H groups in total. The van der Waals surface area contributed by atoms with Gasteiger partial charge in [-0.3, -0.25) is 9.59 Å². The van der Waals surface area contributed by atoms with Gasteiger partial charge in [0.2, 0.25) is 5.70 Å². The first kappa shape index (κ1) is 31.2. The van der Waals surface area contributed by atoms with Crippen molar-refractivity contribution in [2.45, 2.75) is 119 Å². The molecule has 0 bridgehead atoms. The van der Waals surface area contributed by atoms with Gasteiger partial charge < -0.3 is 4.79 Å². The Hall–Kier alpha value is -2.23. The van der Waals surface area contributed by atoms with Crippen LogP contribution >= 0.6 is 0 Å². The molecule has 0 aromatic heterocycles. The van der Waals surface area contributed by atoms with Crippen molar-refractivity contribution in [3.63, 3.8) is 0 Å². The molecule has 230 valence electrons. The average molecular weight is 586 g/mol. The zero-order chi connectivity index (χ0) is 31.3. The van der Waals surface area contributed by atoms with Crippen LogP contribution in [0.25, 0.3) is 4.85 Å². The summed E-state index contributed by atoms with van der Waals surface area (Å²) in [5.41, 5.74) is -2.14. The molecule has 0 amide bonds. The number of carbonyl (C=O) groups is 3. The van der Waals surface area contributed by atoms with Crippen LogP contribution in [0.15, 0.2) is 23.4 Å². The first-order valence-corrected chi connectivity index (χ1v) is 15.8. The highest BCUT2D eigenvalue weighted by Crippen LogP contribution is 2.75. The predicted molar refractivity (Wildman–Crippen MR) is 155 cm³/mol. The van der Waals surface area contributed by atoms with Gasteiger partial charge in [-0.25, -0.2) is 4.85 Å². The molecule has 0 heterocycles. The van der Waals surface area contributed by atoms with Crippen molar-refractivity contribution in [2.24, 2.45) is 50.2 Å². The lowest BCUT2D eigenvalue weighted by molar-refractivity contribution is -0.180. The smallest absolute Gasteiger partial charge is 0.307 e. The fourth-order valence-electron chi connectivity index (χ4n) is 10.8. The Kier molecular flexibility index (Phi) is 6.97. The summed E-state index contributed by atoms with van der Waals surface area (Å²) in [5.74, 6) is -1.27. The molecule has 5 aliphatic carbocycles. The summed E-state index contributed by atoms with van der Waals surface area (Å²) in [6.07, 6.45) is 2.78. The molecule has 0 unspecified atom stereocenters. The Balaban J connectivity index is 1.65. The van der Waals surface area contributed by atoms with Crippen molar-refractivity contribution in [3.05, 3.63) is 34.8 Å². The number of Topliss-reactive ketones (excluding diaryl/α,β-unsaturated/α-hetero) is 2. The molecule has 42 heavy (non-hydrogen) atoms. The molecule has 4 nitrogen and oxygen atoms in total. The van der Waals surface area contributed by atoms with E-state index in [0.29, 0.717) is 32.1 Å². The first-order valence-electron chi connectivity index (χ1n) is 15.8. The van der Waals surface area contributed by atoms with Crippen LogP contribution in [0, 0.1) is 56.8 Å². The number of hydrogen-bond acceptors (Lipinski definition) is 3. The summed E-state index contributed by atoms with van der Waals surface area (Å²) < 4.78 is 39.7. The fourth-order valence-corrected chi connectivity index (χ4v) is 10.8. The zero-order valence-corrected chi connectivity index (χ0v) is 26.3. The lowest BCUT2D eigenvalue weighted by atomic mass is 9.34. The van der Waals surface area contributed by atoms with Crippen LogP contribution < -0.4 is 0 Å². The van der Waals surface area contributed by atoms with E-state index in [0.717, 1.165) is 24.8 Å². The third kappa shape index (κ3) is 4.09. The lowest BCUT2D eigenvalue weighted by Crippen LogP contribution is -2.65. The maximum absolute atomic E-state index is 14.5. The van der Waals surface area contributed by atoms with Crippen LogP contribution in [-0.2, 0) is 14.4 Å². The SMILES string of the molecule is [C-]#[N+]C1=C[C@]2(C)C3=CC(=O)[C@@H]4[C@@H]5CC(C)(C)CC[C@]5(C(=O)CCC(F)(F)F)CC[C@@]4(C)[C@]3(C)CC[C@H]2[C@](C)(CC)C1=O. The highest BCUT2D eigenvalue weighted by Gasteiger charge is 2.70. The monoisotopic (exact) mass is 585 g/mol. The molecule has 5 rings (SSSR count). The topological polar surface area (TPSA) is 55.6 Å². The molecule has 5 aliphatic rings. The molecule has 0 aliphatic heterocycles. The number of hydrogen-bond donors (Lipinski definition) is 0. The molecule has 0 radical (unpaired) electrons. The molecule has 8 atom stereocenters. The average Bonchev–Trinajstić information content (AvgIpc) is 2.90. The van der Waals surface area contributed by atoms with Gasteiger partial charge in [-0.1, -0.05) is 60.1 Å². The van der Waals surface area contributed by atoms with Crippen molar-refractivity contribution in [1.82, 2.24) is 0 Å². The van der Waals surface area contributed by atoms with Gasteiger partial charge in [0, 0.05) is 28.6 Å². The van der Waals surface area contributed by atoms with E-state index in [4.69, 9.17) is 6.57 Å². The summed E-state index contributed by atoms with van der Waals surface area (Å²) >= 11 is 0. The maximum atomic E-state index is 14.5. The molecule has 7 heteroatoms. The van der Waals surface area contributed by atoms with Crippen LogP contribution in [0.5, 0.6) is 0 Å². The van der Waals surface area contributed by atoms with E-state index in [1.165, 1.54) is 0 Å². The van der Waals surface area contributed by atoms with Gasteiger partial charge in [0.25, 0.3) is 0 Å². The summed E-state index contributed by atoms with van der Waals surface area (Å²) in [6.45, 7) is 22.6. The first-order chi connectivity index (χ1) is 19.2. The van der Waals surface area contributed by atoms with Crippen LogP contribution in [0.2, 0.25) is 0 Å². The number of allylic oxidation sites excluding steroid dienone is 4. The fraction of sp³-hybridized carbons (Fsp3) is 0.771. The quantitative estimate of drug-likeness (QED) is 0.310. The number of fused-ring (bicyclic) bond motifs is 7. The third-order valence-electron chi connectivity index (χ3n) is 13.6. The number of alkyl halides is 3. The number of ketones is 3. The molecule has 3 saturated carbocycles. The van der Waals surface area contributed by atoms with E-state index in [1.807, 2.05) is 19.9 Å². The van der Waals surface area contributed by atoms with E-state index in [2.05, 4.69) is 39.5 Å². The molecular weight excluding hydrogens is 539 g/mol. The number of rotatable bonds is 4. The largest absolute Gasteiger partial charge is 0.389 e. The summed E-state index contributed by atoms with van der Waals surface area (Å²) in [7, 11) is 0. The standard InChI is InChI=1S/C35H46F3NO3/c1-9-30(4)24-10-12-32(6)25(31(24,5)20-22(39-8)28(30)42)18-23(40)27-21-19-29(2,3)14-16-34(21,17-15-33(27,32)7)26(41)11-13-35(36,37)38/h18,20-21,24,27H,9-17,19H2,1-7H3/t21-,24-,27-,30-,31-,32+,33+,34-/m0/s1. The van der Waals surface area contributed by atoms with Crippen molar-refractivity contribution in [1.29, 1.82) is 0 Å². The van der Waals surface area contributed by atoms with E-state index in [-0.39, 0.29) is 40.3 Å². The van der Waals surface area contributed by atoms with E-state index >= 15 is 0 Å². The normalized spacial score (nSPS) is 44.5. The molecular formula is C35H46F3NO3. The van der Waals surface area contributed by atoms with Crippen LogP contribution in [0.4, 0.5) is 13.2 Å². The second-order valence-electron chi connectivity index (χ2n) is 16.0. The van der Waals surface area contributed by atoms with Crippen LogP contribution in [-0.4, -0.2) is 23.5 Å². The highest BCUT2D eigenvalue weighted by molar-refractivity contribution is 6.03. The van der Waals surface area contributed by atoms with Crippen molar-refractivity contribution in [2.75, 3.05) is 0 Å². The van der Waals surface area contributed by atoms with Crippen molar-refractivity contribution in [3.8, 4) is 0 Å². The van der Waals surface area contributed by atoms with Gasteiger partial charge in [0.15, 0.2) is 11.6 Å². The zero-order valence-electron chi connectivity index (χ0n) is 26.3. The van der Waals surface area contributed by atoms with Crippen molar-refractivity contribution < 1.29 is 27.6 Å². The predicted octanol–water partition coefficient (Wildman–Crippen LogP) is 8.86. The summed E-state index contributed by atoms with van der Waals surface area (Å²) in [4.78, 5) is 45.4. The minimum atomic E-state index is -4.40. The number of halogens is 3. The van der Waals surface area contributed by atoms with Gasteiger partial charge in [-0.2, -0.15) is 13.2 Å². The van der Waals surface area contributed by atoms with Gasteiger partial charge in [0.1, 0.15) is 5.78 Å². The molecule has 3 fully saturated rings. The van der Waals surface area contributed by atoms with Gasteiger partial charge in [-0.15, -0.1) is 0 Å². The van der Waals surface area contributed by atoms with E-state index in [1.54, 1.807) is 6.08 Å². The highest BCUT2D eigenvalue weighted by atomic mass is 19.4. The Morgan fingerprint density at radius 3 is 2.26 bits per heavy atom. The summed E-state index contributed by atoms with van der Waals surface area (Å²) in [5, 5.41) is 0. The van der Waals surface area contributed by atoms with Crippen molar-refractivity contribution >= 4 is 17.3 Å². The summed E-state index contributed by atoms with van der Waals surface area (Å²) in [6, 6.07) is 0. The molecule has 0 aromatic rings. The number of nitrogens with zero attached hydrogens (tertiary/aromatic N) is 1. The molecule has 0 saturated heterocycles. The van der Waals surface area contributed by atoms with Gasteiger partial charge in [0.05, 0.1) is 13.0 Å². The maximum Gasteiger partial charge on any atom is 0.389 e. The second kappa shape index (κ2) is 9.38. The van der Waals surface area contributed by atoms with Gasteiger partial charge in [-0.05, 0) is 85.5 Å². The number of carbonyl (C=O) groups excluding carboxylic acids is 3. The Labute approximate surface area is 248 Å². The Morgan fingerprint density at radius 1 is 1.02 bits per heavy atom. The molecule has 0 spiro atoms. The Morgan fingerprint density at radius 2 is 1.67 bits per heavy atom.